The molecule has 2 aromatic rings. The number of benzene rings is 2. The summed E-state index contributed by atoms with van der Waals surface area (Å²) in [7, 11) is 2.49. The summed E-state index contributed by atoms with van der Waals surface area (Å²) >= 11 is 0. The Balaban J connectivity index is 2.11. The second-order valence-corrected chi connectivity index (χ2v) is 8.14. The van der Waals surface area contributed by atoms with Crippen LogP contribution in [0.4, 0.5) is 5.69 Å². The lowest BCUT2D eigenvalue weighted by Gasteiger charge is -2.31. The second-order valence-electron chi connectivity index (χ2n) is 6.23. The van der Waals surface area contributed by atoms with Crippen LogP contribution >= 0.6 is 0 Å². The minimum Gasteiger partial charge on any atom is -0.377 e. The Labute approximate surface area is 138 Å². The largest absolute Gasteiger partial charge is 0.377 e. The summed E-state index contributed by atoms with van der Waals surface area (Å²) in [6.45, 7) is 2.63. The molecule has 1 aliphatic rings. The van der Waals surface area contributed by atoms with Crippen LogP contribution < -0.4 is 4.90 Å². The van der Waals surface area contributed by atoms with Gasteiger partial charge in [0.2, 0.25) is 10.0 Å². The minimum atomic E-state index is -3.47. The average molecular weight is 333 g/mol. The summed E-state index contributed by atoms with van der Waals surface area (Å²) in [6.07, 6.45) is 0. The number of piperazine rings is 1. The highest BCUT2D eigenvalue weighted by Gasteiger charge is 2.28. The molecule has 3 rings (SSSR count). The van der Waals surface area contributed by atoms with Crippen LogP contribution in [0.15, 0.2) is 41.3 Å². The zero-order chi connectivity index (χ0) is 16.6. The van der Waals surface area contributed by atoms with Crippen molar-refractivity contribution in [2.75, 3.05) is 52.2 Å². The van der Waals surface area contributed by atoms with E-state index in [-0.39, 0.29) is 0 Å². The average Bonchev–Trinajstić information content (AvgIpc) is 2.54. The Hall–Kier alpha value is -1.63. The van der Waals surface area contributed by atoms with Crippen molar-refractivity contribution in [2.45, 2.75) is 4.90 Å². The summed E-state index contributed by atoms with van der Waals surface area (Å²) < 4.78 is 27.8. The molecule has 1 aliphatic heterocycles. The van der Waals surface area contributed by atoms with Crippen molar-refractivity contribution in [3.8, 4) is 0 Å². The molecule has 0 bridgehead atoms. The van der Waals surface area contributed by atoms with Gasteiger partial charge in [0.1, 0.15) is 0 Å². The number of rotatable bonds is 3. The molecule has 0 aromatic heterocycles. The standard InChI is InChI=1S/C17H23N3O2S/c1-18(2)16-8-4-7-15-14(16)6-5-9-17(15)23(21,22)20-12-10-19(3)11-13-20/h4-9H,10-13H2,1-3H3. The van der Waals surface area contributed by atoms with E-state index in [0.29, 0.717) is 18.0 Å². The smallest absolute Gasteiger partial charge is 0.243 e. The highest BCUT2D eigenvalue weighted by atomic mass is 32.2. The van der Waals surface area contributed by atoms with Gasteiger partial charge in [0, 0.05) is 56.7 Å². The summed E-state index contributed by atoms with van der Waals surface area (Å²) in [5, 5.41) is 1.75. The Morgan fingerprint density at radius 3 is 2.17 bits per heavy atom. The zero-order valence-corrected chi connectivity index (χ0v) is 14.7. The van der Waals surface area contributed by atoms with E-state index in [1.807, 2.05) is 56.4 Å². The maximum Gasteiger partial charge on any atom is 0.243 e. The first-order valence-corrected chi connectivity index (χ1v) is 9.23. The van der Waals surface area contributed by atoms with E-state index >= 15 is 0 Å². The first-order valence-electron chi connectivity index (χ1n) is 7.79. The summed E-state index contributed by atoms with van der Waals surface area (Å²) in [6, 6.07) is 11.3. The third kappa shape index (κ3) is 2.94. The van der Waals surface area contributed by atoms with E-state index in [1.165, 1.54) is 0 Å². The number of sulfonamides is 1. The molecule has 2 aromatic carbocycles. The molecule has 0 radical (unpaired) electrons. The van der Waals surface area contributed by atoms with Crippen molar-refractivity contribution >= 4 is 26.5 Å². The van der Waals surface area contributed by atoms with Gasteiger partial charge in [-0.2, -0.15) is 4.31 Å². The van der Waals surface area contributed by atoms with Crippen LogP contribution in [0.25, 0.3) is 10.8 Å². The SMILES string of the molecule is CN1CCN(S(=O)(=O)c2cccc3c(N(C)C)cccc23)CC1. The van der Waals surface area contributed by atoms with E-state index in [0.717, 1.165) is 29.5 Å². The molecule has 1 saturated heterocycles. The molecule has 1 heterocycles. The van der Waals surface area contributed by atoms with Gasteiger partial charge in [0.05, 0.1) is 4.90 Å². The van der Waals surface area contributed by atoms with Gasteiger partial charge in [-0.3, -0.25) is 0 Å². The van der Waals surface area contributed by atoms with Crippen molar-refractivity contribution in [3.05, 3.63) is 36.4 Å². The van der Waals surface area contributed by atoms with Crippen molar-refractivity contribution < 1.29 is 8.42 Å². The van der Waals surface area contributed by atoms with Gasteiger partial charge in [0.25, 0.3) is 0 Å². The molecule has 23 heavy (non-hydrogen) atoms. The molecule has 0 aliphatic carbocycles. The molecule has 0 N–H and O–H groups in total. The van der Waals surface area contributed by atoms with Gasteiger partial charge in [-0.1, -0.05) is 24.3 Å². The van der Waals surface area contributed by atoms with Crippen LogP contribution in [0.3, 0.4) is 0 Å². The van der Waals surface area contributed by atoms with E-state index in [4.69, 9.17) is 0 Å². The number of hydrogen-bond donors (Lipinski definition) is 0. The second kappa shape index (κ2) is 6.11. The highest BCUT2D eigenvalue weighted by Crippen LogP contribution is 2.31. The van der Waals surface area contributed by atoms with E-state index in [2.05, 4.69) is 4.90 Å². The van der Waals surface area contributed by atoms with Crippen LogP contribution in [0, 0.1) is 0 Å². The van der Waals surface area contributed by atoms with Gasteiger partial charge in [-0.25, -0.2) is 8.42 Å². The lowest BCUT2D eigenvalue weighted by Crippen LogP contribution is -2.47. The number of fused-ring (bicyclic) bond motifs is 1. The van der Waals surface area contributed by atoms with Crippen molar-refractivity contribution in [1.82, 2.24) is 9.21 Å². The first-order chi connectivity index (χ1) is 10.9. The molecule has 0 atom stereocenters. The molecule has 0 amide bonds. The third-order valence-electron chi connectivity index (χ3n) is 4.42. The van der Waals surface area contributed by atoms with Crippen LogP contribution in [-0.4, -0.2) is 64.9 Å². The summed E-state index contributed by atoms with van der Waals surface area (Å²) in [4.78, 5) is 4.57. The number of likely N-dealkylation sites (N-methyl/N-ethyl adjacent to an activating group) is 1. The summed E-state index contributed by atoms with van der Waals surface area (Å²) in [5.41, 5.74) is 1.03. The number of anilines is 1. The van der Waals surface area contributed by atoms with Crippen molar-refractivity contribution in [2.24, 2.45) is 0 Å². The minimum absolute atomic E-state index is 0.406. The van der Waals surface area contributed by atoms with Crippen LogP contribution in [0.5, 0.6) is 0 Å². The Morgan fingerprint density at radius 1 is 0.913 bits per heavy atom. The monoisotopic (exact) mass is 333 g/mol. The quantitative estimate of drug-likeness (QED) is 0.860. The van der Waals surface area contributed by atoms with E-state index in [1.54, 1.807) is 10.4 Å². The molecule has 0 saturated carbocycles. The molecular formula is C17H23N3O2S. The van der Waals surface area contributed by atoms with Gasteiger partial charge in [-0.15, -0.1) is 0 Å². The molecule has 1 fully saturated rings. The van der Waals surface area contributed by atoms with Crippen LogP contribution in [-0.2, 0) is 10.0 Å². The zero-order valence-electron chi connectivity index (χ0n) is 13.9. The first kappa shape index (κ1) is 16.2. The van der Waals surface area contributed by atoms with E-state index < -0.39 is 10.0 Å². The molecular weight excluding hydrogens is 310 g/mol. The maximum atomic E-state index is 13.1. The fraction of sp³-hybridized carbons (Fsp3) is 0.412. The molecule has 5 nitrogen and oxygen atoms in total. The molecule has 0 unspecified atom stereocenters. The van der Waals surface area contributed by atoms with Gasteiger partial charge in [0.15, 0.2) is 0 Å². The topological polar surface area (TPSA) is 43.9 Å². The lowest BCUT2D eigenvalue weighted by molar-refractivity contribution is 0.222. The van der Waals surface area contributed by atoms with Crippen molar-refractivity contribution in [3.63, 3.8) is 0 Å². The Morgan fingerprint density at radius 2 is 1.52 bits per heavy atom. The van der Waals surface area contributed by atoms with Crippen LogP contribution in [0.2, 0.25) is 0 Å². The molecule has 0 spiro atoms. The van der Waals surface area contributed by atoms with Crippen LogP contribution in [0.1, 0.15) is 0 Å². The number of nitrogens with zero attached hydrogens (tertiary/aromatic N) is 3. The van der Waals surface area contributed by atoms with Crippen molar-refractivity contribution in [1.29, 1.82) is 0 Å². The predicted molar refractivity (Wildman–Crippen MR) is 94.5 cm³/mol. The number of hydrogen-bond acceptors (Lipinski definition) is 4. The Kier molecular flexibility index (Phi) is 4.31. The maximum absolute atomic E-state index is 13.1. The fourth-order valence-corrected chi connectivity index (χ4v) is 4.68. The van der Waals surface area contributed by atoms with E-state index in [9.17, 15) is 8.42 Å². The highest BCUT2D eigenvalue weighted by molar-refractivity contribution is 7.89. The third-order valence-corrected chi connectivity index (χ3v) is 6.38. The Bertz CT molecular complexity index is 810. The molecule has 124 valence electrons. The summed E-state index contributed by atoms with van der Waals surface area (Å²) in [5.74, 6) is 0. The van der Waals surface area contributed by atoms with Gasteiger partial charge < -0.3 is 9.80 Å². The normalized spacial score (nSPS) is 17.5. The molecule has 6 heteroatoms. The van der Waals surface area contributed by atoms with Gasteiger partial charge >= 0.3 is 0 Å². The lowest BCUT2D eigenvalue weighted by atomic mass is 10.1. The van der Waals surface area contributed by atoms with Gasteiger partial charge in [-0.05, 0) is 19.2 Å². The predicted octanol–water partition coefficient (Wildman–Crippen LogP) is 1.84. The fourth-order valence-electron chi connectivity index (χ4n) is 3.05.